The van der Waals surface area contributed by atoms with Crippen LogP contribution in [0.1, 0.15) is 11.1 Å². The summed E-state index contributed by atoms with van der Waals surface area (Å²) in [5.74, 6) is 1.20. The van der Waals surface area contributed by atoms with Crippen molar-refractivity contribution in [1.29, 1.82) is 0 Å². The Labute approximate surface area is 154 Å². The highest BCUT2D eigenvalue weighted by molar-refractivity contribution is 7.14. The lowest BCUT2D eigenvalue weighted by molar-refractivity contribution is 0.279. The first-order valence-corrected chi connectivity index (χ1v) is 8.58. The van der Waals surface area contributed by atoms with E-state index < -0.39 is 0 Å². The van der Waals surface area contributed by atoms with Gasteiger partial charge in [0.15, 0.2) is 11.5 Å². The highest BCUT2D eigenvalue weighted by Gasteiger charge is 2.07. The fraction of sp³-hybridized carbons (Fsp3) is 0.111. The van der Waals surface area contributed by atoms with Gasteiger partial charge in [-0.15, -0.1) is 11.3 Å². The molecule has 0 saturated heterocycles. The Morgan fingerprint density at radius 2 is 2.12 bits per heavy atom. The van der Waals surface area contributed by atoms with E-state index in [0.29, 0.717) is 28.0 Å². The van der Waals surface area contributed by atoms with Crippen molar-refractivity contribution in [3.8, 4) is 11.5 Å². The number of rotatable bonds is 7. The number of nitrogens with one attached hydrogen (secondary N) is 1. The van der Waals surface area contributed by atoms with E-state index in [1.165, 1.54) is 17.4 Å². The quantitative estimate of drug-likeness (QED) is 0.486. The fourth-order valence-corrected chi connectivity index (χ4v) is 2.70. The van der Waals surface area contributed by atoms with E-state index in [1.54, 1.807) is 49.0 Å². The molecule has 3 aromatic rings. The van der Waals surface area contributed by atoms with Gasteiger partial charge in [0.25, 0.3) is 0 Å². The number of anilines is 2. The van der Waals surface area contributed by atoms with Gasteiger partial charge >= 0.3 is 0 Å². The summed E-state index contributed by atoms with van der Waals surface area (Å²) in [6, 6.07) is 11.8. The molecule has 0 radical (unpaired) electrons. The summed E-state index contributed by atoms with van der Waals surface area (Å²) in [4.78, 5) is 4.05. The Balaban J connectivity index is 1.66. The van der Waals surface area contributed by atoms with Gasteiger partial charge in [-0.05, 0) is 29.8 Å². The van der Waals surface area contributed by atoms with Crippen LogP contribution in [0.5, 0.6) is 11.5 Å². The highest BCUT2D eigenvalue weighted by Crippen LogP contribution is 2.28. The molecular formula is C18H17FN4O2S. The Morgan fingerprint density at radius 1 is 1.27 bits per heavy atom. The molecule has 0 spiro atoms. The van der Waals surface area contributed by atoms with Crippen LogP contribution >= 0.6 is 11.3 Å². The number of aromatic nitrogens is 1. The minimum atomic E-state index is -0.302. The number of halogens is 1. The summed E-state index contributed by atoms with van der Waals surface area (Å²) in [6.07, 6.45) is 1.63. The lowest BCUT2D eigenvalue weighted by Gasteiger charge is -2.11. The number of hydrogen-bond donors (Lipinski definition) is 2. The van der Waals surface area contributed by atoms with Crippen molar-refractivity contribution in [3.63, 3.8) is 0 Å². The molecule has 0 atom stereocenters. The van der Waals surface area contributed by atoms with E-state index in [9.17, 15) is 4.39 Å². The van der Waals surface area contributed by atoms with E-state index in [1.807, 2.05) is 6.07 Å². The third kappa shape index (κ3) is 4.48. The van der Waals surface area contributed by atoms with Crippen LogP contribution in [-0.2, 0) is 6.61 Å². The topological polar surface area (TPSA) is 81.8 Å². The first kappa shape index (κ1) is 17.7. The van der Waals surface area contributed by atoms with E-state index in [2.05, 4.69) is 15.5 Å². The van der Waals surface area contributed by atoms with Crippen LogP contribution in [0.4, 0.5) is 15.3 Å². The second-order valence-corrected chi connectivity index (χ2v) is 6.10. The number of nitrogens with zero attached hydrogens (tertiary/aromatic N) is 2. The summed E-state index contributed by atoms with van der Waals surface area (Å²) in [5.41, 5.74) is 9.63. The van der Waals surface area contributed by atoms with Crippen LogP contribution in [0.2, 0.25) is 0 Å². The zero-order valence-corrected chi connectivity index (χ0v) is 14.8. The number of nitrogen functional groups attached to an aromatic ring is 1. The molecule has 2 aromatic carbocycles. The zero-order chi connectivity index (χ0) is 18.4. The van der Waals surface area contributed by atoms with Gasteiger partial charge in [-0.1, -0.05) is 18.2 Å². The number of hydrazone groups is 1. The van der Waals surface area contributed by atoms with Crippen LogP contribution in [0.3, 0.4) is 0 Å². The van der Waals surface area contributed by atoms with Gasteiger partial charge in [-0.25, -0.2) is 9.37 Å². The number of benzene rings is 2. The predicted octanol–water partition coefficient (Wildman–Crippen LogP) is 3.90. The van der Waals surface area contributed by atoms with E-state index in [-0.39, 0.29) is 12.4 Å². The van der Waals surface area contributed by atoms with Crippen LogP contribution in [0.25, 0.3) is 0 Å². The lowest BCUT2D eigenvalue weighted by Crippen LogP contribution is -2.00. The van der Waals surface area contributed by atoms with Gasteiger partial charge in [-0.3, -0.25) is 5.43 Å². The van der Waals surface area contributed by atoms with Crippen LogP contribution in [0, 0.1) is 5.82 Å². The second kappa shape index (κ2) is 8.30. The first-order chi connectivity index (χ1) is 12.7. The normalized spacial score (nSPS) is 10.8. The monoisotopic (exact) mass is 372 g/mol. The maximum Gasteiger partial charge on any atom is 0.205 e. The van der Waals surface area contributed by atoms with Crippen molar-refractivity contribution in [2.24, 2.45) is 5.10 Å². The van der Waals surface area contributed by atoms with Gasteiger partial charge in [0.2, 0.25) is 5.13 Å². The van der Waals surface area contributed by atoms with E-state index in [0.717, 1.165) is 5.56 Å². The Kier molecular flexibility index (Phi) is 5.65. The molecule has 0 aliphatic heterocycles. The molecular weight excluding hydrogens is 355 g/mol. The smallest absolute Gasteiger partial charge is 0.205 e. The largest absolute Gasteiger partial charge is 0.493 e. The molecule has 1 heterocycles. The molecule has 0 saturated carbocycles. The Hall–Kier alpha value is -3.13. The van der Waals surface area contributed by atoms with Crippen LogP contribution in [-0.4, -0.2) is 18.3 Å². The van der Waals surface area contributed by atoms with Crippen LogP contribution < -0.4 is 20.6 Å². The van der Waals surface area contributed by atoms with E-state index in [4.69, 9.17) is 15.2 Å². The molecule has 134 valence electrons. The van der Waals surface area contributed by atoms with Gasteiger partial charge in [0, 0.05) is 10.9 Å². The van der Waals surface area contributed by atoms with E-state index >= 15 is 0 Å². The molecule has 26 heavy (non-hydrogen) atoms. The number of thiazole rings is 1. The van der Waals surface area contributed by atoms with Crippen molar-refractivity contribution in [2.45, 2.75) is 6.61 Å². The summed E-state index contributed by atoms with van der Waals surface area (Å²) < 4.78 is 24.7. The standard InChI is InChI=1S/C18H17FN4O2S/c1-24-16-8-12(9-21-23-18-22-17(20)11-26-18)6-7-15(16)25-10-13-4-2-3-5-14(13)19/h2-9,11H,10,20H2,1H3,(H,22,23). The molecule has 0 bridgehead atoms. The summed E-state index contributed by atoms with van der Waals surface area (Å²) in [7, 11) is 1.54. The molecule has 0 unspecified atom stereocenters. The molecule has 6 nitrogen and oxygen atoms in total. The summed E-state index contributed by atoms with van der Waals surface area (Å²) in [6.45, 7) is 0.115. The SMILES string of the molecule is COc1cc(C=NNc2nc(N)cs2)ccc1OCc1ccccc1F. The first-order valence-electron chi connectivity index (χ1n) is 7.70. The van der Waals surface area contributed by atoms with Crippen LogP contribution in [0.15, 0.2) is 52.9 Å². The van der Waals surface area contributed by atoms with Gasteiger partial charge in [-0.2, -0.15) is 5.10 Å². The number of hydrogen-bond acceptors (Lipinski definition) is 7. The Bertz CT molecular complexity index is 914. The molecule has 0 aliphatic carbocycles. The van der Waals surface area contributed by atoms with Gasteiger partial charge in [0.1, 0.15) is 18.2 Å². The van der Waals surface area contributed by atoms with Gasteiger partial charge < -0.3 is 15.2 Å². The average molecular weight is 372 g/mol. The van der Waals surface area contributed by atoms with Crippen molar-refractivity contribution >= 4 is 28.5 Å². The third-order valence-corrected chi connectivity index (χ3v) is 4.19. The second-order valence-electron chi connectivity index (χ2n) is 5.24. The summed E-state index contributed by atoms with van der Waals surface area (Å²) >= 11 is 1.36. The molecule has 1 aromatic heterocycles. The van der Waals surface area contributed by atoms with Gasteiger partial charge in [0.05, 0.1) is 13.3 Å². The predicted molar refractivity (Wildman–Crippen MR) is 101 cm³/mol. The maximum absolute atomic E-state index is 13.7. The minimum Gasteiger partial charge on any atom is -0.493 e. The lowest BCUT2D eigenvalue weighted by atomic mass is 10.2. The van der Waals surface area contributed by atoms with Crippen molar-refractivity contribution < 1.29 is 13.9 Å². The molecule has 3 rings (SSSR count). The number of ether oxygens (including phenoxy) is 2. The van der Waals surface area contributed by atoms with Crippen molar-refractivity contribution in [3.05, 3.63) is 64.8 Å². The summed E-state index contributed by atoms with van der Waals surface area (Å²) in [5, 5.41) is 6.44. The third-order valence-electron chi connectivity index (χ3n) is 3.42. The molecule has 3 N–H and O–H groups in total. The molecule has 8 heteroatoms. The molecule has 0 aliphatic rings. The molecule has 0 amide bonds. The fourth-order valence-electron chi connectivity index (χ4n) is 2.15. The van der Waals surface area contributed by atoms with Crippen molar-refractivity contribution in [2.75, 3.05) is 18.3 Å². The maximum atomic E-state index is 13.7. The number of nitrogens with two attached hydrogens (primary N) is 1. The zero-order valence-electron chi connectivity index (χ0n) is 14.0. The highest BCUT2D eigenvalue weighted by atomic mass is 32.1. The average Bonchev–Trinajstić information content (AvgIpc) is 3.06. The van der Waals surface area contributed by atoms with Crippen molar-refractivity contribution in [1.82, 2.24) is 4.98 Å². The number of methoxy groups -OCH3 is 1. The molecule has 0 fully saturated rings. The minimum absolute atomic E-state index is 0.115. The Morgan fingerprint density at radius 3 is 2.85 bits per heavy atom.